The first-order valence-corrected chi connectivity index (χ1v) is 11.6. The molecule has 0 bridgehead atoms. The number of nitrogens with one attached hydrogen (secondary N) is 1. The van der Waals surface area contributed by atoms with Gasteiger partial charge in [0.15, 0.2) is 18.3 Å². The fourth-order valence-electron chi connectivity index (χ4n) is 3.45. The quantitative estimate of drug-likeness (QED) is 0.247. The Morgan fingerprint density at radius 2 is 1.29 bits per heavy atom. The van der Waals surface area contributed by atoms with Crippen molar-refractivity contribution in [1.82, 2.24) is 5.32 Å². The van der Waals surface area contributed by atoms with E-state index in [9.17, 15) is 28.8 Å². The van der Waals surface area contributed by atoms with Gasteiger partial charge in [0.05, 0.1) is 7.11 Å². The van der Waals surface area contributed by atoms with Crippen LogP contribution < -0.4 is 5.32 Å². The van der Waals surface area contributed by atoms with Crippen molar-refractivity contribution in [2.45, 2.75) is 91.0 Å². The van der Waals surface area contributed by atoms with Crippen molar-refractivity contribution in [2.24, 2.45) is 0 Å². The Hall–Kier alpha value is -3.68. The molecule has 1 N–H and O–H groups in total. The highest BCUT2D eigenvalue weighted by atomic mass is 16.7. The summed E-state index contributed by atoms with van der Waals surface area (Å²) in [5.74, 6) is -3.90. The van der Waals surface area contributed by atoms with E-state index in [1.807, 2.05) is 0 Å². The van der Waals surface area contributed by atoms with Crippen molar-refractivity contribution in [3.63, 3.8) is 0 Å². The molecule has 0 saturated carbocycles. The summed E-state index contributed by atoms with van der Waals surface area (Å²) in [6.07, 6.45) is -6.21. The van der Waals surface area contributed by atoms with Crippen molar-refractivity contribution in [1.29, 1.82) is 0 Å². The lowest BCUT2D eigenvalue weighted by Gasteiger charge is -2.44. The molecule has 1 heterocycles. The van der Waals surface area contributed by atoms with Gasteiger partial charge in [0.1, 0.15) is 30.1 Å². The first-order valence-electron chi connectivity index (χ1n) is 11.6. The molecule has 0 radical (unpaired) electrons. The summed E-state index contributed by atoms with van der Waals surface area (Å²) < 4.78 is 36.9. The third kappa shape index (κ3) is 11.2. The van der Waals surface area contributed by atoms with Crippen LogP contribution in [0.2, 0.25) is 0 Å². The smallest absolute Gasteiger partial charge is 0.412 e. The van der Waals surface area contributed by atoms with Crippen molar-refractivity contribution in [3.05, 3.63) is 11.8 Å². The highest BCUT2D eigenvalue weighted by Crippen LogP contribution is 2.31. The lowest BCUT2D eigenvalue weighted by molar-refractivity contribution is -0.251. The van der Waals surface area contributed by atoms with Gasteiger partial charge in [0, 0.05) is 27.7 Å². The molecule has 1 fully saturated rings. The van der Waals surface area contributed by atoms with E-state index in [-0.39, 0.29) is 12.1 Å². The minimum Gasteiger partial charge on any atom is -0.464 e. The van der Waals surface area contributed by atoms with Gasteiger partial charge < -0.3 is 33.2 Å². The van der Waals surface area contributed by atoms with E-state index in [0.29, 0.717) is 0 Å². The number of ether oxygens (including phenoxy) is 7. The van der Waals surface area contributed by atoms with E-state index in [0.717, 1.165) is 34.8 Å². The highest BCUT2D eigenvalue weighted by Gasteiger charge is 2.51. The van der Waals surface area contributed by atoms with Gasteiger partial charge in [-0.05, 0) is 27.2 Å². The molecule has 38 heavy (non-hydrogen) atoms. The maximum absolute atomic E-state index is 12.3. The van der Waals surface area contributed by atoms with Gasteiger partial charge in [-0.2, -0.15) is 0 Å². The van der Waals surface area contributed by atoms with Gasteiger partial charge in [-0.1, -0.05) is 6.08 Å². The van der Waals surface area contributed by atoms with Crippen LogP contribution in [-0.2, 0) is 57.1 Å². The topological polar surface area (TPSA) is 179 Å². The summed E-state index contributed by atoms with van der Waals surface area (Å²) in [6, 6.07) is 0. The van der Waals surface area contributed by atoms with E-state index < -0.39 is 78.7 Å². The average Bonchev–Trinajstić information content (AvgIpc) is 2.75. The number of alkyl carbamates (subject to hydrolysis) is 1. The Kier molecular flexibility index (Phi) is 12.2. The average molecular weight is 546 g/mol. The molecule has 14 heteroatoms. The molecule has 14 nitrogen and oxygen atoms in total. The molecule has 0 aromatic carbocycles. The van der Waals surface area contributed by atoms with Crippen molar-refractivity contribution < 1.29 is 61.9 Å². The lowest BCUT2D eigenvalue weighted by atomic mass is 9.92. The Labute approximate surface area is 220 Å². The second-order valence-electron chi connectivity index (χ2n) is 9.21. The van der Waals surface area contributed by atoms with Crippen LogP contribution in [0.5, 0.6) is 0 Å². The lowest BCUT2D eigenvalue weighted by Crippen LogP contribution is -2.62. The number of methoxy groups -OCH3 is 1. The fourth-order valence-corrected chi connectivity index (χ4v) is 3.45. The first-order chi connectivity index (χ1) is 17.5. The summed E-state index contributed by atoms with van der Waals surface area (Å²) in [5.41, 5.74) is -1.17. The molecule has 0 aromatic heterocycles. The SMILES string of the molecule is COC(=O)/C(=C\C[C@@H]1O[C@H](COC(C)=O)[C@@H](OC(C)=O)[C@H](OC(C)=O)[C@H]1OC(C)=O)NC(=O)OC(C)(C)C. The number of carbonyl (C=O) groups excluding carboxylic acids is 6. The summed E-state index contributed by atoms with van der Waals surface area (Å²) in [7, 11) is 1.10. The number of esters is 5. The van der Waals surface area contributed by atoms with Gasteiger partial charge in [-0.3, -0.25) is 24.5 Å². The maximum atomic E-state index is 12.3. The molecule has 0 aliphatic carbocycles. The number of amides is 1. The molecule has 1 aliphatic heterocycles. The number of hydrogen-bond acceptors (Lipinski definition) is 13. The second kappa shape index (κ2) is 14.3. The standard InChI is InChI=1S/C24H35NO13/c1-12(26)33-11-18-20(35-14(3)28)21(36-15(4)29)19(34-13(2)27)17(37-18)10-9-16(22(30)32-8)25-23(31)38-24(5,6)7/h9,17-21H,10-11H2,1-8H3,(H,25,31)/b16-9+/t17-,18+,19-,20+,21+/m0/s1. The molecule has 5 atom stereocenters. The molecule has 1 rings (SSSR count). The van der Waals surface area contributed by atoms with E-state index in [1.165, 1.54) is 6.08 Å². The third-order valence-electron chi connectivity index (χ3n) is 4.68. The van der Waals surface area contributed by atoms with E-state index in [2.05, 4.69) is 5.32 Å². The molecule has 1 aliphatic rings. The fraction of sp³-hybridized carbons (Fsp3) is 0.667. The van der Waals surface area contributed by atoms with Crippen LogP contribution in [0.1, 0.15) is 54.9 Å². The van der Waals surface area contributed by atoms with Crippen LogP contribution in [0.15, 0.2) is 11.8 Å². The maximum Gasteiger partial charge on any atom is 0.412 e. The van der Waals surface area contributed by atoms with Crippen LogP contribution in [-0.4, -0.2) is 85.8 Å². The summed E-state index contributed by atoms with van der Waals surface area (Å²) in [4.78, 5) is 71.6. The molecule has 1 amide bonds. The second-order valence-corrected chi connectivity index (χ2v) is 9.21. The third-order valence-corrected chi connectivity index (χ3v) is 4.68. The molecule has 214 valence electrons. The van der Waals surface area contributed by atoms with E-state index >= 15 is 0 Å². The van der Waals surface area contributed by atoms with E-state index in [1.54, 1.807) is 20.8 Å². The van der Waals surface area contributed by atoms with Gasteiger partial charge in [-0.15, -0.1) is 0 Å². The number of hydrogen-bond donors (Lipinski definition) is 1. The van der Waals surface area contributed by atoms with Gasteiger partial charge in [-0.25, -0.2) is 9.59 Å². The van der Waals surface area contributed by atoms with Gasteiger partial charge >= 0.3 is 35.9 Å². The first kappa shape index (κ1) is 32.3. The highest BCUT2D eigenvalue weighted by molar-refractivity contribution is 5.92. The monoisotopic (exact) mass is 545 g/mol. The van der Waals surface area contributed by atoms with E-state index in [4.69, 9.17) is 33.2 Å². The van der Waals surface area contributed by atoms with Crippen LogP contribution in [0, 0.1) is 0 Å². The zero-order valence-corrected chi connectivity index (χ0v) is 22.7. The Balaban J connectivity index is 3.45. The minimum absolute atomic E-state index is 0.209. The largest absolute Gasteiger partial charge is 0.464 e. The predicted molar refractivity (Wildman–Crippen MR) is 126 cm³/mol. The molecule has 1 saturated heterocycles. The summed E-state index contributed by atoms with van der Waals surface area (Å²) in [6.45, 7) is 8.95. The Morgan fingerprint density at radius 3 is 1.74 bits per heavy atom. The Morgan fingerprint density at radius 1 is 0.789 bits per heavy atom. The van der Waals surface area contributed by atoms with Crippen molar-refractivity contribution in [2.75, 3.05) is 13.7 Å². The predicted octanol–water partition coefficient (Wildman–Crippen LogP) is 1.08. The molecular weight excluding hydrogens is 510 g/mol. The molecular formula is C24H35NO13. The molecule has 0 spiro atoms. The summed E-state index contributed by atoms with van der Waals surface area (Å²) in [5, 5.41) is 2.29. The Bertz CT molecular complexity index is 936. The molecule has 0 unspecified atom stereocenters. The normalized spacial score (nSPS) is 23.4. The van der Waals surface area contributed by atoms with Crippen LogP contribution in [0.4, 0.5) is 4.79 Å². The number of carbonyl (C=O) groups is 6. The minimum atomic E-state index is -1.37. The zero-order chi connectivity index (χ0) is 29.2. The summed E-state index contributed by atoms with van der Waals surface area (Å²) >= 11 is 0. The number of rotatable bonds is 9. The van der Waals surface area contributed by atoms with Crippen LogP contribution >= 0.6 is 0 Å². The zero-order valence-electron chi connectivity index (χ0n) is 22.7. The van der Waals surface area contributed by atoms with Gasteiger partial charge in [0.2, 0.25) is 0 Å². The van der Waals surface area contributed by atoms with Crippen LogP contribution in [0.3, 0.4) is 0 Å². The molecule has 0 aromatic rings. The van der Waals surface area contributed by atoms with Crippen molar-refractivity contribution in [3.8, 4) is 0 Å². The van der Waals surface area contributed by atoms with Gasteiger partial charge in [0.25, 0.3) is 0 Å². The van der Waals surface area contributed by atoms with Crippen LogP contribution in [0.25, 0.3) is 0 Å². The van der Waals surface area contributed by atoms with Crippen molar-refractivity contribution >= 4 is 35.9 Å².